The Bertz CT molecular complexity index is 609. The zero-order chi connectivity index (χ0) is 14.7. The van der Waals surface area contributed by atoms with E-state index in [2.05, 4.69) is 0 Å². The number of carbonyl (C=O) groups excluding carboxylic acids is 1. The first-order chi connectivity index (χ1) is 10.3. The van der Waals surface area contributed by atoms with Crippen molar-refractivity contribution in [2.24, 2.45) is 0 Å². The smallest absolute Gasteiger partial charge is 0.186 e. The van der Waals surface area contributed by atoms with Gasteiger partial charge in [-0.25, -0.2) is 0 Å². The van der Waals surface area contributed by atoms with E-state index in [1.165, 1.54) is 10.7 Å². The standard InChI is InChI=1S/C17H18O2S2/c1-19-14-5-2-4-12(11-14)10-13-6-7-15(16(13)18)17-20-8-3-9-21-17/h2,4-5,10-11H,3,6-9H2,1H3/b13-10+. The molecule has 2 aliphatic rings. The van der Waals surface area contributed by atoms with Gasteiger partial charge in [-0.1, -0.05) is 12.1 Å². The van der Waals surface area contributed by atoms with Crippen LogP contribution in [0.25, 0.3) is 6.08 Å². The fraction of sp³-hybridized carbons (Fsp3) is 0.353. The van der Waals surface area contributed by atoms with Gasteiger partial charge in [0, 0.05) is 15.4 Å². The number of Topliss-reactive ketones (excluding diaryl/α,β-unsaturated/α-hetero) is 1. The van der Waals surface area contributed by atoms with Gasteiger partial charge in [0.05, 0.1) is 7.11 Å². The van der Waals surface area contributed by atoms with Crippen molar-refractivity contribution in [1.29, 1.82) is 0 Å². The van der Waals surface area contributed by atoms with Crippen molar-refractivity contribution in [3.8, 4) is 5.75 Å². The van der Waals surface area contributed by atoms with Crippen LogP contribution >= 0.6 is 23.5 Å². The second kappa shape index (κ2) is 6.75. The fourth-order valence-electron chi connectivity index (χ4n) is 2.55. The predicted octanol–water partition coefficient (Wildman–Crippen LogP) is 4.52. The Balaban J connectivity index is 1.84. The molecule has 1 saturated heterocycles. The minimum absolute atomic E-state index is 0.245. The molecule has 2 nitrogen and oxygen atoms in total. The molecule has 1 aromatic carbocycles. The molecule has 21 heavy (non-hydrogen) atoms. The quantitative estimate of drug-likeness (QED) is 0.749. The number of ketones is 1. The molecule has 4 heteroatoms. The van der Waals surface area contributed by atoms with E-state index in [-0.39, 0.29) is 5.78 Å². The molecule has 0 unspecified atom stereocenters. The summed E-state index contributed by atoms with van der Waals surface area (Å²) in [6, 6.07) is 7.85. The van der Waals surface area contributed by atoms with Crippen molar-refractivity contribution >= 4 is 35.4 Å². The number of hydrogen-bond acceptors (Lipinski definition) is 4. The number of methoxy groups -OCH3 is 1. The van der Waals surface area contributed by atoms with E-state index in [0.717, 1.165) is 46.8 Å². The zero-order valence-corrected chi connectivity index (χ0v) is 13.7. The molecular weight excluding hydrogens is 300 g/mol. The van der Waals surface area contributed by atoms with Crippen molar-refractivity contribution in [1.82, 2.24) is 0 Å². The molecule has 1 heterocycles. The molecule has 110 valence electrons. The van der Waals surface area contributed by atoms with E-state index in [4.69, 9.17) is 4.74 Å². The second-order valence-electron chi connectivity index (χ2n) is 5.09. The third-order valence-electron chi connectivity index (χ3n) is 3.65. The lowest BCUT2D eigenvalue weighted by Crippen LogP contribution is -2.01. The van der Waals surface area contributed by atoms with Crippen LogP contribution in [0, 0.1) is 0 Å². The van der Waals surface area contributed by atoms with E-state index < -0.39 is 0 Å². The summed E-state index contributed by atoms with van der Waals surface area (Å²) in [4.78, 5) is 12.6. The maximum absolute atomic E-state index is 12.6. The van der Waals surface area contributed by atoms with Gasteiger partial charge in [0.2, 0.25) is 0 Å². The summed E-state index contributed by atoms with van der Waals surface area (Å²) in [5.41, 5.74) is 3.00. The van der Waals surface area contributed by atoms with Gasteiger partial charge in [0.25, 0.3) is 0 Å². The molecular formula is C17H18O2S2. The van der Waals surface area contributed by atoms with Gasteiger partial charge in [-0.3, -0.25) is 4.79 Å². The lowest BCUT2D eigenvalue weighted by Gasteiger charge is -2.14. The Morgan fingerprint density at radius 3 is 2.76 bits per heavy atom. The van der Waals surface area contributed by atoms with Gasteiger partial charge in [0.1, 0.15) is 5.75 Å². The summed E-state index contributed by atoms with van der Waals surface area (Å²) >= 11 is 3.71. The summed E-state index contributed by atoms with van der Waals surface area (Å²) < 4.78 is 6.50. The first-order valence-electron chi connectivity index (χ1n) is 7.16. The number of allylic oxidation sites excluding steroid dienone is 2. The van der Waals surface area contributed by atoms with E-state index in [9.17, 15) is 4.79 Å². The Labute approximate surface area is 134 Å². The molecule has 1 aliphatic heterocycles. The van der Waals surface area contributed by atoms with Crippen LogP contribution < -0.4 is 4.74 Å². The van der Waals surface area contributed by atoms with Crippen molar-refractivity contribution in [2.75, 3.05) is 18.6 Å². The fourth-order valence-corrected chi connectivity index (χ4v) is 5.25. The minimum Gasteiger partial charge on any atom is -0.497 e. The molecule has 3 rings (SSSR count). The van der Waals surface area contributed by atoms with Crippen LogP contribution in [-0.2, 0) is 4.79 Å². The van der Waals surface area contributed by atoms with Crippen molar-refractivity contribution in [2.45, 2.75) is 19.3 Å². The van der Waals surface area contributed by atoms with Gasteiger partial charge in [-0.05, 0) is 54.5 Å². The third kappa shape index (κ3) is 3.38. The van der Waals surface area contributed by atoms with Crippen LogP contribution in [0.4, 0.5) is 0 Å². The average Bonchev–Trinajstić information content (AvgIpc) is 2.89. The maximum atomic E-state index is 12.6. The average molecular weight is 318 g/mol. The number of rotatable bonds is 2. The normalized spacial score (nSPS) is 21.2. The molecule has 1 aliphatic carbocycles. The van der Waals surface area contributed by atoms with Crippen molar-refractivity contribution in [3.05, 3.63) is 45.2 Å². The monoisotopic (exact) mass is 318 g/mol. The summed E-state index contributed by atoms with van der Waals surface area (Å²) in [7, 11) is 1.66. The van der Waals surface area contributed by atoms with Crippen LogP contribution in [0.5, 0.6) is 5.75 Å². The molecule has 1 saturated carbocycles. The zero-order valence-electron chi connectivity index (χ0n) is 12.1. The topological polar surface area (TPSA) is 26.3 Å². The molecule has 1 aromatic rings. The molecule has 0 atom stereocenters. The molecule has 0 N–H and O–H groups in total. The lowest BCUT2D eigenvalue weighted by molar-refractivity contribution is -0.111. The molecule has 0 aromatic heterocycles. The summed E-state index contributed by atoms with van der Waals surface area (Å²) in [6.07, 6.45) is 5.00. The molecule has 0 radical (unpaired) electrons. The first kappa shape index (κ1) is 14.8. The molecule has 2 fully saturated rings. The van der Waals surface area contributed by atoms with Crippen LogP contribution in [0.3, 0.4) is 0 Å². The minimum atomic E-state index is 0.245. The van der Waals surface area contributed by atoms with Gasteiger partial charge in [0.15, 0.2) is 5.78 Å². The van der Waals surface area contributed by atoms with Crippen LogP contribution in [0.15, 0.2) is 39.6 Å². The largest absolute Gasteiger partial charge is 0.497 e. The third-order valence-corrected chi connectivity index (χ3v) is 6.36. The van der Waals surface area contributed by atoms with Crippen molar-refractivity contribution in [3.63, 3.8) is 0 Å². The van der Waals surface area contributed by atoms with Crippen LogP contribution in [-0.4, -0.2) is 24.4 Å². The van der Waals surface area contributed by atoms with Gasteiger partial charge < -0.3 is 4.74 Å². The van der Waals surface area contributed by atoms with Crippen molar-refractivity contribution < 1.29 is 9.53 Å². The van der Waals surface area contributed by atoms with Crippen LogP contribution in [0.2, 0.25) is 0 Å². The highest BCUT2D eigenvalue weighted by Crippen LogP contribution is 2.42. The van der Waals surface area contributed by atoms with Crippen LogP contribution in [0.1, 0.15) is 24.8 Å². The Morgan fingerprint density at radius 2 is 2.00 bits per heavy atom. The first-order valence-corrected chi connectivity index (χ1v) is 9.13. The highest BCUT2D eigenvalue weighted by atomic mass is 32.2. The molecule has 0 bridgehead atoms. The number of hydrogen-bond donors (Lipinski definition) is 0. The Hall–Kier alpha value is -1.13. The predicted molar refractivity (Wildman–Crippen MR) is 91.8 cm³/mol. The van der Waals surface area contributed by atoms with Gasteiger partial charge in [-0.15, -0.1) is 23.5 Å². The summed E-state index contributed by atoms with van der Waals surface area (Å²) in [5, 5.41) is 0. The lowest BCUT2D eigenvalue weighted by atomic mass is 10.1. The van der Waals surface area contributed by atoms with Gasteiger partial charge >= 0.3 is 0 Å². The summed E-state index contributed by atoms with van der Waals surface area (Å²) in [5.74, 6) is 3.36. The maximum Gasteiger partial charge on any atom is 0.186 e. The highest BCUT2D eigenvalue weighted by molar-refractivity contribution is 8.22. The second-order valence-corrected chi connectivity index (χ2v) is 7.56. The van der Waals surface area contributed by atoms with E-state index in [1.807, 2.05) is 53.9 Å². The highest BCUT2D eigenvalue weighted by Gasteiger charge is 2.27. The number of carbonyl (C=O) groups is 1. The van der Waals surface area contributed by atoms with E-state index in [1.54, 1.807) is 7.11 Å². The molecule has 0 spiro atoms. The number of thioether (sulfide) groups is 2. The summed E-state index contributed by atoms with van der Waals surface area (Å²) in [6.45, 7) is 0. The SMILES string of the molecule is COc1cccc(/C=C2\CCC(=C3SCCCS3)C2=O)c1. The van der Waals surface area contributed by atoms with Gasteiger partial charge in [-0.2, -0.15) is 0 Å². The number of benzene rings is 1. The Kier molecular flexibility index (Phi) is 4.76. The van der Waals surface area contributed by atoms with E-state index >= 15 is 0 Å². The Morgan fingerprint density at radius 1 is 1.19 bits per heavy atom. The number of ether oxygens (including phenoxy) is 1. The molecule has 0 amide bonds. The van der Waals surface area contributed by atoms with E-state index in [0.29, 0.717) is 0 Å².